The van der Waals surface area contributed by atoms with Crippen molar-refractivity contribution in [1.82, 2.24) is 20.1 Å². The number of nitrogens with one attached hydrogen (secondary N) is 1. The predicted octanol–water partition coefficient (Wildman–Crippen LogP) is 0.950. The first kappa shape index (κ1) is 11.6. The summed E-state index contributed by atoms with van der Waals surface area (Å²) < 4.78 is 1.69. The fourth-order valence-corrected chi connectivity index (χ4v) is 1.95. The largest absolute Gasteiger partial charge is 0.375 e. The summed E-state index contributed by atoms with van der Waals surface area (Å²) in [5.74, 6) is -0.227. The number of hydrogen-bond acceptors (Lipinski definition) is 5. The third kappa shape index (κ3) is 2.62. The fourth-order valence-electron chi connectivity index (χ4n) is 1.41. The molecule has 0 saturated carbocycles. The second kappa shape index (κ2) is 4.54. The molecular weight excluding hydrogens is 238 g/mol. The van der Waals surface area contributed by atoms with Gasteiger partial charge in [-0.25, -0.2) is 4.98 Å². The number of carbonyl (C=O) groups is 1. The van der Waals surface area contributed by atoms with Crippen LogP contribution in [0.4, 0.5) is 5.13 Å². The first-order valence-corrected chi connectivity index (χ1v) is 5.94. The summed E-state index contributed by atoms with van der Waals surface area (Å²) in [6.07, 6.45) is 3.58. The quantitative estimate of drug-likeness (QED) is 0.850. The van der Waals surface area contributed by atoms with E-state index in [0.717, 1.165) is 5.56 Å². The minimum atomic E-state index is -0.227. The van der Waals surface area contributed by atoms with Gasteiger partial charge in [-0.05, 0) is 6.92 Å². The molecule has 1 atom stereocenters. The summed E-state index contributed by atoms with van der Waals surface area (Å²) in [5, 5.41) is 8.92. The third-order valence-electron chi connectivity index (χ3n) is 2.33. The Bertz CT molecular complexity index is 532. The maximum Gasteiger partial charge on any atom is 0.271 e. The molecule has 0 aromatic carbocycles. The van der Waals surface area contributed by atoms with Crippen LogP contribution in [-0.2, 0) is 7.05 Å². The first-order valence-electron chi connectivity index (χ1n) is 5.06. The van der Waals surface area contributed by atoms with E-state index in [1.165, 1.54) is 11.3 Å². The summed E-state index contributed by atoms with van der Waals surface area (Å²) in [6, 6.07) is -0.112. The summed E-state index contributed by atoms with van der Waals surface area (Å²) in [7, 11) is 1.83. The minimum absolute atomic E-state index is 0.112. The monoisotopic (exact) mass is 251 g/mol. The van der Waals surface area contributed by atoms with Gasteiger partial charge in [0.05, 0.1) is 12.2 Å². The van der Waals surface area contributed by atoms with Gasteiger partial charge in [0.25, 0.3) is 5.91 Å². The van der Waals surface area contributed by atoms with Crippen LogP contribution in [0, 0.1) is 0 Å². The molecule has 0 spiro atoms. The lowest BCUT2D eigenvalue weighted by Crippen LogP contribution is -2.26. The Morgan fingerprint density at radius 2 is 2.41 bits per heavy atom. The zero-order chi connectivity index (χ0) is 12.4. The second-order valence-electron chi connectivity index (χ2n) is 3.71. The first-order chi connectivity index (χ1) is 8.06. The highest BCUT2D eigenvalue weighted by Gasteiger charge is 2.14. The van der Waals surface area contributed by atoms with Crippen LogP contribution in [0.1, 0.15) is 29.0 Å². The topological polar surface area (TPSA) is 85.8 Å². The molecular formula is C10H13N5OS. The summed E-state index contributed by atoms with van der Waals surface area (Å²) in [5.41, 5.74) is 6.77. The highest BCUT2D eigenvalue weighted by Crippen LogP contribution is 2.14. The van der Waals surface area contributed by atoms with Crippen LogP contribution in [-0.4, -0.2) is 20.7 Å². The minimum Gasteiger partial charge on any atom is -0.375 e. The molecule has 7 heteroatoms. The van der Waals surface area contributed by atoms with Gasteiger partial charge in [-0.3, -0.25) is 9.48 Å². The molecule has 0 aliphatic rings. The molecule has 6 nitrogen and oxygen atoms in total. The lowest BCUT2D eigenvalue weighted by atomic mass is 10.2. The van der Waals surface area contributed by atoms with Crippen LogP contribution in [0.2, 0.25) is 0 Å². The second-order valence-corrected chi connectivity index (χ2v) is 4.60. The van der Waals surface area contributed by atoms with Gasteiger partial charge in [-0.1, -0.05) is 0 Å². The molecule has 0 radical (unpaired) electrons. The van der Waals surface area contributed by atoms with Crippen LogP contribution in [0.5, 0.6) is 0 Å². The molecule has 17 heavy (non-hydrogen) atoms. The van der Waals surface area contributed by atoms with Gasteiger partial charge in [0, 0.05) is 24.2 Å². The number of anilines is 1. The molecule has 1 amide bonds. The number of carbonyl (C=O) groups excluding carboxylic acids is 1. The lowest BCUT2D eigenvalue weighted by molar-refractivity contribution is 0.0935. The van der Waals surface area contributed by atoms with Crippen molar-refractivity contribution in [3.8, 4) is 0 Å². The summed E-state index contributed by atoms with van der Waals surface area (Å²) in [4.78, 5) is 15.7. The fraction of sp³-hybridized carbons (Fsp3) is 0.300. The molecule has 2 rings (SSSR count). The Morgan fingerprint density at radius 1 is 1.65 bits per heavy atom. The van der Waals surface area contributed by atoms with Gasteiger partial charge >= 0.3 is 0 Å². The van der Waals surface area contributed by atoms with Crippen molar-refractivity contribution in [2.75, 3.05) is 5.73 Å². The molecule has 2 heterocycles. The summed E-state index contributed by atoms with van der Waals surface area (Å²) >= 11 is 1.25. The van der Waals surface area contributed by atoms with Crippen molar-refractivity contribution in [2.24, 2.45) is 7.05 Å². The van der Waals surface area contributed by atoms with E-state index >= 15 is 0 Å². The van der Waals surface area contributed by atoms with E-state index in [0.29, 0.717) is 10.8 Å². The predicted molar refractivity (Wildman–Crippen MR) is 65.6 cm³/mol. The summed E-state index contributed by atoms with van der Waals surface area (Å²) in [6.45, 7) is 1.89. The van der Waals surface area contributed by atoms with Crippen molar-refractivity contribution >= 4 is 22.4 Å². The molecule has 2 aromatic heterocycles. The van der Waals surface area contributed by atoms with E-state index in [1.807, 2.05) is 20.2 Å². The number of nitrogen functional groups attached to an aromatic ring is 1. The smallest absolute Gasteiger partial charge is 0.271 e. The van der Waals surface area contributed by atoms with E-state index < -0.39 is 0 Å². The SMILES string of the molecule is C[C@@H](NC(=O)c1csc(N)n1)c1cnn(C)c1. The molecule has 0 saturated heterocycles. The van der Waals surface area contributed by atoms with Crippen molar-refractivity contribution in [2.45, 2.75) is 13.0 Å². The van der Waals surface area contributed by atoms with Crippen molar-refractivity contribution in [1.29, 1.82) is 0 Å². The molecule has 0 unspecified atom stereocenters. The Hall–Kier alpha value is -1.89. The van der Waals surface area contributed by atoms with E-state index in [1.54, 1.807) is 16.3 Å². The Morgan fingerprint density at radius 3 is 2.94 bits per heavy atom. The van der Waals surface area contributed by atoms with E-state index in [9.17, 15) is 4.79 Å². The van der Waals surface area contributed by atoms with Crippen LogP contribution in [0.25, 0.3) is 0 Å². The number of nitrogens with two attached hydrogens (primary N) is 1. The van der Waals surface area contributed by atoms with Crippen LogP contribution in [0.3, 0.4) is 0 Å². The van der Waals surface area contributed by atoms with E-state index in [-0.39, 0.29) is 11.9 Å². The molecule has 0 fully saturated rings. The Balaban J connectivity index is 2.04. The molecule has 0 aliphatic carbocycles. The van der Waals surface area contributed by atoms with Crippen molar-refractivity contribution in [3.05, 3.63) is 29.0 Å². The van der Waals surface area contributed by atoms with Gasteiger partial charge in [0.2, 0.25) is 0 Å². The third-order valence-corrected chi connectivity index (χ3v) is 3.00. The van der Waals surface area contributed by atoms with Crippen LogP contribution < -0.4 is 11.1 Å². The number of rotatable bonds is 3. The zero-order valence-electron chi connectivity index (χ0n) is 9.54. The molecule has 0 aliphatic heterocycles. The van der Waals surface area contributed by atoms with Gasteiger partial charge in [0.1, 0.15) is 5.69 Å². The van der Waals surface area contributed by atoms with Gasteiger partial charge in [-0.2, -0.15) is 5.10 Å². The molecule has 2 aromatic rings. The van der Waals surface area contributed by atoms with E-state index in [4.69, 9.17) is 5.73 Å². The number of nitrogens with zero attached hydrogens (tertiary/aromatic N) is 3. The average molecular weight is 251 g/mol. The highest BCUT2D eigenvalue weighted by molar-refractivity contribution is 7.13. The molecule has 0 bridgehead atoms. The Labute approximate surface area is 102 Å². The van der Waals surface area contributed by atoms with Crippen LogP contribution >= 0.6 is 11.3 Å². The number of hydrogen-bond donors (Lipinski definition) is 2. The number of thiazole rings is 1. The Kier molecular flexibility index (Phi) is 3.10. The number of amides is 1. The van der Waals surface area contributed by atoms with E-state index in [2.05, 4.69) is 15.4 Å². The van der Waals surface area contributed by atoms with Gasteiger partial charge in [-0.15, -0.1) is 11.3 Å². The standard InChI is InChI=1S/C10H13N5OS/c1-6(7-3-12-15(2)4-7)13-9(16)8-5-17-10(11)14-8/h3-6H,1-2H3,(H2,11,14)(H,13,16)/t6-/m1/s1. The van der Waals surface area contributed by atoms with Crippen molar-refractivity contribution < 1.29 is 4.79 Å². The number of aryl methyl sites for hydroxylation is 1. The zero-order valence-corrected chi connectivity index (χ0v) is 10.4. The maximum atomic E-state index is 11.8. The van der Waals surface area contributed by atoms with Gasteiger partial charge in [0.15, 0.2) is 5.13 Å². The van der Waals surface area contributed by atoms with Gasteiger partial charge < -0.3 is 11.1 Å². The molecule has 3 N–H and O–H groups in total. The lowest BCUT2D eigenvalue weighted by Gasteiger charge is -2.10. The highest BCUT2D eigenvalue weighted by atomic mass is 32.1. The maximum absolute atomic E-state index is 11.8. The molecule has 90 valence electrons. The number of aromatic nitrogens is 3. The normalized spacial score (nSPS) is 12.4. The average Bonchev–Trinajstić information content (AvgIpc) is 2.87. The van der Waals surface area contributed by atoms with Crippen LogP contribution in [0.15, 0.2) is 17.8 Å². The van der Waals surface area contributed by atoms with Crippen molar-refractivity contribution in [3.63, 3.8) is 0 Å².